The summed E-state index contributed by atoms with van der Waals surface area (Å²) < 4.78 is 6.66. The van der Waals surface area contributed by atoms with Crippen LogP contribution in [0.25, 0.3) is 10.8 Å². The van der Waals surface area contributed by atoms with Crippen molar-refractivity contribution in [3.8, 4) is 5.75 Å². The molecule has 0 aliphatic heterocycles. The Hall–Kier alpha value is -2.99. The molecule has 4 nitrogen and oxygen atoms in total. The number of hydrogen-bond donors (Lipinski definition) is 2. The van der Waals surface area contributed by atoms with E-state index in [1.54, 1.807) is 18.2 Å². The zero-order valence-electron chi connectivity index (χ0n) is 17.0. The maximum atomic E-state index is 13.5. The van der Waals surface area contributed by atoms with Crippen molar-refractivity contribution >= 4 is 32.7 Å². The zero-order valence-corrected chi connectivity index (χ0v) is 18.5. The summed E-state index contributed by atoms with van der Waals surface area (Å²) in [5, 5.41) is 25.8. The normalized spacial score (nSPS) is 25.3. The predicted molar refractivity (Wildman–Crippen MR) is 124 cm³/mol. The molecule has 3 unspecified atom stereocenters. The van der Waals surface area contributed by atoms with Gasteiger partial charge in [0.1, 0.15) is 17.0 Å². The van der Waals surface area contributed by atoms with E-state index < -0.39 is 23.1 Å². The van der Waals surface area contributed by atoms with Crippen molar-refractivity contribution in [3.63, 3.8) is 0 Å². The molecule has 3 atom stereocenters. The van der Waals surface area contributed by atoms with Crippen molar-refractivity contribution in [2.75, 3.05) is 0 Å². The SMILES string of the molecule is O=C(Oc1cccc2ccccc12)C1CC2(O)c3ccccc3C1(O)c1ccc(Br)cc12. The fourth-order valence-electron chi connectivity index (χ4n) is 5.41. The number of carbonyl (C=O) groups excluding carboxylic acids is 1. The van der Waals surface area contributed by atoms with Gasteiger partial charge in [0.2, 0.25) is 0 Å². The topological polar surface area (TPSA) is 66.8 Å². The van der Waals surface area contributed by atoms with Crippen LogP contribution in [0.2, 0.25) is 0 Å². The highest BCUT2D eigenvalue weighted by atomic mass is 79.9. The third-order valence-electron chi connectivity index (χ3n) is 6.87. The van der Waals surface area contributed by atoms with Gasteiger partial charge in [-0.15, -0.1) is 0 Å². The van der Waals surface area contributed by atoms with Gasteiger partial charge in [-0.1, -0.05) is 82.7 Å². The third-order valence-corrected chi connectivity index (χ3v) is 7.36. The molecule has 4 aromatic carbocycles. The maximum absolute atomic E-state index is 13.5. The first-order chi connectivity index (χ1) is 15.4. The van der Waals surface area contributed by atoms with Gasteiger partial charge in [0.25, 0.3) is 0 Å². The van der Waals surface area contributed by atoms with Gasteiger partial charge in [-0.3, -0.25) is 4.79 Å². The van der Waals surface area contributed by atoms with E-state index in [9.17, 15) is 15.0 Å². The molecule has 2 bridgehead atoms. The minimum Gasteiger partial charge on any atom is -0.426 e. The molecule has 3 aliphatic carbocycles. The Morgan fingerprint density at radius 2 is 1.53 bits per heavy atom. The average molecular weight is 487 g/mol. The summed E-state index contributed by atoms with van der Waals surface area (Å²) in [4.78, 5) is 13.5. The highest BCUT2D eigenvalue weighted by molar-refractivity contribution is 9.10. The van der Waals surface area contributed by atoms with E-state index >= 15 is 0 Å². The lowest BCUT2D eigenvalue weighted by Gasteiger charge is -2.53. The second-order valence-electron chi connectivity index (χ2n) is 8.52. The van der Waals surface area contributed by atoms with Crippen LogP contribution < -0.4 is 4.74 Å². The fourth-order valence-corrected chi connectivity index (χ4v) is 5.77. The van der Waals surface area contributed by atoms with Crippen LogP contribution in [0.15, 0.2) is 89.4 Å². The monoisotopic (exact) mass is 486 g/mol. The molecule has 4 aromatic rings. The highest BCUT2D eigenvalue weighted by Gasteiger charge is 2.62. The van der Waals surface area contributed by atoms with E-state index in [-0.39, 0.29) is 6.42 Å². The summed E-state index contributed by atoms with van der Waals surface area (Å²) >= 11 is 3.47. The molecule has 32 heavy (non-hydrogen) atoms. The molecule has 0 aromatic heterocycles. The minimum atomic E-state index is -1.60. The average Bonchev–Trinajstić information content (AvgIpc) is 2.81. The molecule has 0 spiro atoms. The highest BCUT2D eigenvalue weighted by Crippen LogP contribution is 2.60. The molecule has 0 fully saturated rings. The molecule has 0 heterocycles. The molecule has 5 heteroatoms. The van der Waals surface area contributed by atoms with Gasteiger partial charge in [-0.25, -0.2) is 0 Å². The summed E-state index contributed by atoms with van der Waals surface area (Å²) in [5.41, 5.74) is -0.678. The Balaban J connectivity index is 1.50. The number of rotatable bonds is 2. The summed E-state index contributed by atoms with van der Waals surface area (Å²) in [6.45, 7) is 0. The van der Waals surface area contributed by atoms with E-state index in [0.717, 1.165) is 15.2 Å². The molecule has 158 valence electrons. The van der Waals surface area contributed by atoms with E-state index in [0.29, 0.717) is 28.0 Å². The number of hydrogen-bond acceptors (Lipinski definition) is 4. The van der Waals surface area contributed by atoms with E-state index in [2.05, 4.69) is 15.9 Å². The first-order valence-corrected chi connectivity index (χ1v) is 11.3. The van der Waals surface area contributed by atoms with Crippen molar-refractivity contribution in [2.24, 2.45) is 5.92 Å². The van der Waals surface area contributed by atoms with Gasteiger partial charge in [-0.05, 0) is 45.8 Å². The Bertz CT molecular complexity index is 1410. The van der Waals surface area contributed by atoms with Gasteiger partial charge in [0.15, 0.2) is 0 Å². The van der Waals surface area contributed by atoms with Crippen LogP contribution in [0, 0.1) is 5.92 Å². The molecule has 0 amide bonds. The number of halogens is 1. The third kappa shape index (κ3) is 2.53. The Morgan fingerprint density at radius 3 is 2.38 bits per heavy atom. The second-order valence-corrected chi connectivity index (χ2v) is 9.43. The number of aliphatic hydroxyl groups is 2. The lowest BCUT2D eigenvalue weighted by Crippen LogP contribution is -2.57. The van der Waals surface area contributed by atoms with Crippen LogP contribution >= 0.6 is 15.9 Å². The van der Waals surface area contributed by atoms with Gasteiger partial charge in [0.05, 0.1) is 5.92 Å². The largest absolute Gasteiger partial charge is 0.426 e. The van der Waals surface area contributed by atoms with Crippen molar-refractivity contribution in [1.29, 1.82) is 0 Å². The Labute approximate surface area is 193 Å². The Kier molecular flexibility index (Phi) is 4.15. The maximum Gasteiger partial charge on any atom is 0.318 e. The van der Waals surface area contributed by atoms with Crippen LogP contribution in [-0.2, 0) is 16.0 Å². The van der Waals surface area contributed by atoms with Crippen LogP contribution in [0.5, 0.6) is 5.75 Å². The van der Waals surface area contributed by atoms with Gasteiger partial charge < -0.3 is 14.9 Å². The zero-order chi connectivity index (χ0) is 22.1. The lowest BCUT2D eigenvalue weighted by atomic mass is 9.54. The van der Waals surface area contributed by atoms with Crippen LogP contribution in [0.3, 0.4) is 0 Å². The summed E-state index contributed by atoms with van der Waals surface area (Å²) in [6.07, 6.45) is 0.0353. The van der Waals surface area contributed by atoms with Gasteiger partial charge in [-0.2, -0.15) is 0 Å². The minimum absolute atomic E-state index is 0.0353. The van der Waals surface area contributed by atoms with Crippen molar-refractivity contribution in [3.05, 3.63) is 112 Å². The van der Waals surface area contributed by atoms with Crippen molar-refractivity contribution < 1.29 is 19.7 Å². The molecule has 2 N–H and O–H groups in total. The summed E-state index contributed by atoms with van der Waals surface area (Å²) in [6, 6.07) is 25.9. The second kappa shape index (κ2) is 6.75. The van der Waals surface area contributed by atoms with Crippen molar-refractivity contribution in [1.82, 2.24) is 0 Å². The summed E-state index contributed by atoms with van der Waals surface area (Å²) in [7, 11) is 0. The first kappa shape index (κ1) is 19.7. The molecule has 0 saturated heterocycles. The number of ether oxygens (including phenoxy) is 1. The van der Waals surface area contributed by atoms with Crippen LogP contribution in [0.4, 0.5) is 0 Å². The summed E-state index contributed by atoms with van der Waals surface area (Å²) in [5.74, 6) is -1.09. The molecule has 3 aliphatic rings. The number of esters is 1. The molecular weight excluding hydrogens is 468 g/mol. The molecule has 7 rings (SSSR count). The molecule has 0 radical (unpaired) electrons. The van der Waals surface area contributed by atoms with E-state index in [1.165, 1.54) is 0 Å². The predicted octanol–water partition coefficient (Wildman–Crippen LogP) is 5.01. The van der Waals surface area contributed by atoms with Crippen LogP contribution in [-0.4, -0.2) is 16.2 Å². The van der Waals surface area contributed by atoms with E-state index in [4.69, 9.17) is 4.74 Å². The van der Waals surface area contributed by atoms with Crippen molar-refractivity contribution in [2.45, 2.75) is 17.6 Å². The van der Waals surface area contributed by atoms with Gasteiger partial charge >= 0.3 is 5.97 Å². The van der Waals surface area contributed by atoms with Gasteiger partial charge in [0, 0.05) is 16.3 Å². The smallest absolute Gasteiger partial charge is 0.318 e. The first-order valence-electron chi connectivity index (χ1n) is 10.5. The fraction of sp³-hybridized carbons (Fsp3) is 0.148. The van der Waals surface area contributed by atoms with Crippen LogP contribution in [0.1, 0.15) is 28.7 Å². The lowest BCUT2D eigenvalue weighted by molar-refractivity contribution is -0.157. The number of fused-ring (bicyclic) bond motifs is 2. The molecular formula is C27H19BrO4. The molecule has 0 saturated carbocycles. The number of benzene rings is 4. The number of carbonyl (C=O) groups is 1. The van der Waals surface area contributed by atoms with E-state index in [1.807, 2.05) is 66.7 Å². The quantitative estimate of drug-likeness (QED) is 0.308. The standard InChI is InChI=1S/C27H19BrO4/c28-17-12-13-21-22(14-17)26(30)15-23(27(21,31)20-10-4-3-9-19(20)26)25(29)32-24-11-5-7-16-6-1-2-8-18(16)24/h1-14,23,30-31H,15H2. The Morgan fingerprint density at radius 1 is 0.844 bits per heavy atom.